The van der Waals surface area contributed by atoms with E-state index in [0.717, 1.165) is 11.3 Å². The van der Waals surface area contributed by atoms with Crippen molar-refractivity contribution in [1.29, 1.82) is 0 Å². The van der Waals surface area contributed by atoms with E-state index in [0.29, 0.717) is 5.69 Å². The lowest BCUT2D eigenvalue weighted by molar-refractivity contribution is -0.121. The number of carbonyl (C=O) groups is 2. The monoisotopic (exact) mass is 430 g/mol. The summed E-state index contributed by atoms with van der Waals surface area (Å²) < 4.78 is 32.5. The van der Waals surface area contributed by atoms with Crippen molar-refractivity contribution in [2.75, 3.05) is 23.3 Å². The van der Waals surface area contributed by atoms with Crippen LogP contribution >= 0.6 is 11.3 Å². The van der Waals surface area contributed by atoms with Crippen LogP contribution in [0.1, 0.15) is 10.4 Å². The van der Waals surface area contributed by atoms with Crippen molar-refractivity contribution < 1.29 is 22.7 Å². The van der Waals surface area contributed by atoms with E-state index in [1.165, 1.54) is 23.1 Å². The highest BCUT2D eigenvalue weighted by Gasteiger charge is 2.21. The summed E-state index contributed by atoms with van der Waals surface area (Å²) in [5.74, 6) is -1.22. The zero-order valence-corrected chi connectivity index (χ0v) is 17.1. The van der Waals surface area contributed by atoms with Gasteiger partial charge in [-0.3, -0.25) is 9.52 Å². The summed E-state index contributed by atoms with van der Waals surface area (Å²) in [6.07, 6.45) is 0. The van der Waals surface area contributed by atoms with E-state index in [9.17, 15) is 18.0 Å². The molecule has 0 atom stereocenters. The van der Waals surface area contributed by atoms with Crippen LogP contribution in [0.25, 0.3) is 0 Å². The molecule has 0 unspecified atom stereocenters. The molecule has 0 bridgehead atoms. The number of amides is 1. The smallest absolute Gasteiger partial charge is 0.340 e. The maximum absolute atomic E-state index is 12.5. The summed E-state index contributed by atoms with van der Waals surface area (Å²) in [7, 11) is -2.24. The maximum Gasteiger partial charge on any atom is 0.340 e. The number of benzene rings is 2. The summed E-state index contributed by atoms with van der Waals surface area (Å²) in [6, 6.07) is 18.1. The van der Waals surface area contributed by atoms with Gasteiger partial charge in [0.25, 0.3) is 15.9 Å². The summed E-state index contributed by atoms with van der Waals surface area (Å²) in [5.41, 5.74) is 0.759. The highest BCUT2D eigenvalue weighted by molar-refractivity contribution is 7.94. The minimum Gasteiger partial charge on any atom is -0.452 e. The van der Waals surface area contributed by atoms with E-state index in [4.69, 9.17) is 4.74 Å². The fourth-order valence-electron chi connectivity index (χ4n) is 2.46. The minimum atomic E-state index is -3.82. The number of thiophene rings is 1. The molecule has 3 aromatic rings. The van der Waals surface area contributed by atoms with Crippen LogP contribution in [0.2, 0.25) is 0 Å². The van der Waals surface area contributed by atoms with Crippen LogP contribution in [-0.2, 0) is 19.6 Å². The van der Waals surface area contributed by atoms with Gasteiger partial charge >= 0.3 is 5.97 Å². The summed E-state index contributed by atoms with van der Waals surface area (Å²) in [5, 5.41) is 1.64. The van der Waals surface area contributed by atoms with Crippen molar-refractivity contribution in [2.24, 2.45) is 0 Å². The zero-order chi connectivity index (χ0) is 20.9. The van der Waals surface area contributed by atoms with Gasteiger partial charge in [-0.05, 0) is 35.7 Å². The van der Waals surface area contributed by atoms with Crippen molar-refractivity contribution >= 4 is 44.6 Å². The largest absolute Gasteiger partial charge is 0.452 e. The molecule has 150 valence electrons. The summed E-state index contributed by atoms with van der Waals surface area (Å²) >= 11 is 1.06. The van der Waals surface area contributed by atoms with Crippen molar-refractivity contribution in [3.8, 4) is 0 Å². The first-order chi connectivity index (χ1) is 13.9. The summed E-state index contributed by atoms with van der Waals surface area (Å²) in [6.45, 7) is -0.476. The number of anilines is 2. The van der Waals surface area contributed by atoms with Crippen LogP contribution in [0.15, 0.2) is 76.3 Å². The fourth-order valence-corrected chi connectivity index (χ4v) is 4.53. The molecule has 0 saturated heterocycles. The number of para-hydroxylation sites is 2. The van der Waals surface area contributed by atoms with Gasteiger partial charge in [0.1, 0.15) is 4.21 Å². The Morgan fingerprint density at radius 2 is 1.69 bits per heavy atom. The molecular weight excluding hydrogens is 412 g/mol. The first-order valence-corrected chi connectivity index (χ1v) is 10.9. The molecule has 0 fully saturated rings. The molecule has 9 heteroatoms. The topological polar surface area (TPSA) is 92.8 Å². The Morgan fingerprint density at radius 3 is 2.38 bits per heavy atom. The number of esters is 1. The number of nitrogens with one attached hydrogen (secondary N) is 1. The van der Waals surface area contributed by atoms with Crippen LogP contribution in [-0.4, -0.2) is 33.9 Å². The number of sulfonamides is 1. The van der Waals surface area contributed by atoms with Crippen LogP contribution in [0.4, 0.5) is 11.4 Å². The SMILES string of the molecule is CN(C(=O)COC(=O)c1ccccc1NS(=O)(=O)c1cccs1)c1ccccc1. The Kier molecular flexibility index (Phi) is 6.30. The maximum atomic E-state index is 12.5. The van der Waals surface area contributed by atoms with E-state index in [1.54, 1.807) is 54.9 Å². The lowest BCUT2D eigenvalue weighted by Gasteiger charge is -2.17. The van der Waals surface area contributed by atoms with E-state index < -0.39 is 28.5 Å². The van der Waals surface area contributed by atoms with Gasteiger partial charge in [0.15, 0.2) is 6.61 Å². The van der Waals surface area contributed by atoms with Crippen LogP contribution in [0, 0.1) is 0 Å². The molecular formula is C20H18N2O5S2. The molecule has 1 heterocycles. The summed E-state index contributed by atoms with van der Waals surface area (Å²) in [4.78, 5) is 26.1. The van der Waals surface area contributed by atoms with Gasteiger partial charge in [0.05, 0.1) is 11.3 Å². The van der Waals surface area contributed by atoms with Crippen molar-refractivity contribution in [1.82, 2.24) is 0 Å². The Hall–Kier alpha value is -3.17. The first-order valence-electron chi connectivity index (χ1n) is 8.52. The second kappa shape index (κ2) is 8.89. The van der Waals surface area contributed by atoms with Gasteiger partial charge in [0, 0.05) is 12.7 Å². The zero-order valence-electron chi connectivity index (χ0n) is 15.4. The quantitative estimate of drug-likeness (QED) is 0.580. The number of carbonyl (C=O) groups excluding carboxylic acids is 2. The first kappa shape index (κ1) is 20.6. The third kappa shape index (κ3) is 5.01. The number of hydrogen-bond donors (Lipinski definition) is 1. The lowest BCUT2D eigenvalue weighted by Crippen LogP contribution is -2.31. The van der Waals surface area contributed by atoms with E-state index >= 15 is 0 Å². The van der Waals surface area contributed by atoms with Gasteiger partial charge in [-0.1, -0.05) is 36.4 Å². The number of hydrogen-bond acceptors (Lipinski definition) is 6. The molecule has 0 spiro atoms. The number of nitrogens with zero attached hydrogens (tertiary/aromatic N) is 1. The molecule has 1 N–H and O–H groups in total. The fraction of sp³-hybridized carbons (Fsp3) is 0.100. The molecule has 7 nitrogen and oxygen atoms in total. The average Bonchev–Trinajstić information content (AvgIpc) is 3.28. The predicted octanol–water partition coefficient (Wildman–Crippen LogP) is 3.37. The molecule has 0 radical (unpaired) electrons. The third-order valence-electron chi connectivity index (χ3n) is 4.00. The van der Waals surface area contributed by atoms with Gasteiger partial charge < -0.3 is 9.64 Å². The average molecular weight is 431 g/mol. The molecule has 3 rings (SSSR count). The second-order valence-electron chi connectivity index (χ2n) is 5.95. The molecule has 0 aliphatic heterocycles. The highest BCUT2D eigenvalue weighted by atomic mass is 32.2. The van der Waals surface area contributed by atoms with E-state index in [2.05, 4.69) is 4.72 Å². The van der Waals surface area contributed by atoms with Gasteiger partial charge in [-0.25, -0.2) is 13.2 Å². The number of likely N-dealkylation sites (N-methyl/N-ethyl adjacent to an activating group) is 1. The van der Waals surface area contributed by atoms with Crippen molar-refractivity contribution in [3.05, 3.63) is 77.7 Å². The molecule has 1 aromatic heterocycles. The Morgan fingerprint density at radius 1 is 1.00 bits per heavy atom. The lowest BCUT2D eigenvalue weighted by atomic mass is 10.2. The minimum absolute atomic E-state index is 0.0165. The Balaban J connectivity index is 1.69. The van der Waals surface area contributed by atoms with Crippen molar-refractivity contribution in [2.45, 2.75) is 4.21 Å². The molecule has 0 aliphatic carbocycles. The van der Waals surface area contributed by atoms with Gasteiger partial charge in [0.2, 0.25) is 0 Å². The van der Waals surface area contributed by atoms with Gasteiger partial charge in [-0.2, -0.15) is 0 Å². The Labute approximate surface area is 172 Å². The molecule has 1 amide bonds. The molecule has 29 heavy (non-hydrogen) atoms. The number of rotatable bonds is 7. The normalized spacial score (nSPS) is 10.9. The van der Waals surface area contributed by atoms with Crippen LogP contribution < -0.4 is 9.62 Å². The second-order valence-corrected chi connectivity index (χ2v) is 8.80. The van der Waals surface area contributed by atoms with Crippen molar-refractivity contribution in [3.63, 3.8) is 0 Å². The van der Waals surface area contributed by atoms with E-state index in [-0.39, 0.29) is 15.5 Å². The molecule has 2 aromatic carbocycles. The van der Waals surface area contributed by atoms with E-state index in [1.807, 2.05) is 6.07 Å². The Bertz CT molecular complexity index is 1100. The van der Waals surface area contributed by atoms with Gasteiger partial charge in [-0.15, -0.1) is 11.3 Å². The standard InChI is InChI=1S/C20H18N2O5S2/c1-22(15-8-3-2-4-9-15)18(23)14-27-20(24)16-10-5-6-11-17(16)21-29(25,26)19-12-7-13-28-19/h2-13,21H,14H2,1H3. The van der Waals surface area contributed by atoms with Crippen LogP contribution in [0.5, 0.6) is 0 Å². The molecule has 0 saturated carbocycles. The predicted molar refractivity (Wildman–Crippen MR) is 112 cm³/mol. The molecule has 0 aliphatic rings. The van der Waals surface area contributed by atoms with Crippen LogP contribution in [0.3, 0.4) is 0 Å². The highest BCUT2D eigenvalue weighted by Crippen LogP contribution is 2.23. The number of ether oxygens (including phenoxy) is 1. The third-order valence-corrected chi connectivity index (χ3v) is 6.76.